The van der Waals surface area contributed by atoms with E-state index >= 15 is 0 Å². The molecule has 0 aromatic carbocycles. The van der Waals surface area contributed by atoms with E-state index < -0.39 is 0 Å². The van der Waals surface area contributed by atoms with Crippen molar-refractivity contribution in [1.29, 1.82) is 0 Å². The highest BCUT2D eigenvalue weighted by Crippen LogP contribution is 2.22. The summed E-state index contributed by atoms with van der Waals surface area (Å²) in [5.74, 6) is 2.02. The normalized spacial score (nSPS) is 12.1. The topological polar surface area (TPSA) is 79.8 Å². The number of fused-ring (bicyclic) bond motifs is 1. The second kappa shape index (κ2) is 9.39. The molecule has 150 valence electrons. The van der Waals surface area contributed by atoms with Gasteiger partial charge in [-0.15, -0.1) is 0 Å². The maximum atomic E-state index is 5.45. The first-order valence-electron chi connectivity index (χ1n) is 9.97. The number of pyridine rings is 1. The lowest BCUT2D eigenvalue weighted by Gasteiger charge is -2.09. The molecule has 0 saturated heterocycles. The van der Waals surface area contributed by atoms with Crippen molar-refractivity contribution in [2.24, 2.45) is 4.99 Å². The molecule has 0 aliphatic rings. The molecule has 3 aromatic rings. The molecule has 3 heterocycles. The van der Waals surface area contributed by atoms with Gasteiger partial charge in [-0.1, -0.05) is 25.1 Å². The molecule has 0 atom stereocenters. The zero-order chi connectivity index (χ0) is 19.9. The number of aromatic nitrogens is 3. The zero-order valence-corrected chi connectivity index (χ0v) is 17.2. The number of hydrogen-bond acceptors (Lipinski definition) is 4. The van der Waals surface area contributed by atoms with E-state index in [9.17, 15) is 0 Å². The van der Waals surface area contributed by atoms with Gasteiger partial charge >= 0.3 is 0 Å². The van der Waals surface area contributed by atoms with Gasteiger partial charge in [-0.2, -0.15) is 0 Å². The van der Waals surface area contributed by atoms with Crippen LogP contribution < -0.4 is 10.6 Å². The van der Waals surface area contributed by atoms with Crippen LogP contribution in [0.25, 0.3) is 5.65 Å². The molecule has 0 unspecified atom stereocenters. The number of nitrogens with zero attached hydrogens (tertiary/aromatic N) is 4. The number of aryl methyl sites for hydroxylation is 1. The predicted octanol–water partition coefficient (Wildman–Crippen LogP) is 3.44. The third-order valence-corrected chi connectivity index (χ3v) is 5.04. The third-order valence-electron chi connectivity index (χ3n) is 5.04. The van der Waals surface area contributed by atoms with Crippen molar-refractivity contribution in [2.45, 2.75) is 52.5 Å². The summed E-state index contributed by atoms with van der Waals surface area (Å²) in [4.78, 5) is 8.98. The Morgan fingerprint density at radius 3 is 2.82 bits per heavy atom. The highest BCUT2D eigenvalue weighted by atomic mass is 16.5. The van der Waals surface area contributed by atoms with Crippen LogP contribution in [0, 0.1) is 6.92 Å². The number of rotatable bonds is 8. The predicted molar refractivity (Wildman–Crippen MR) is 112 cm³/mol. The van der Waals surface area contributed by atoms with E-state index in [-0.39, 0.29) is 0 Å². The number of guanidine groups is 1. The SMILES string of the molecule is CCC(CC)c1cc(CNC(=NC)NCCc2cn3cccc(C)c3n2)on1. The highest BCUT2D eigenvalue weighted by Gasteiger charge is 2.13. The lowest BCUT2D eigenvalue weighted by atomic mass is 9.99. The van der Waals surface area contributed by atoms with E-state index in [4.69, 9.17) is 9.51 Å². The fourth-order valence-electron chi connectivity index (χ4n) is 3.34. The zero-order valence-electron chi connectivity index (χ0n) is 17.2. The van der Waals surface area contributed by atoms with Gasteiger partial charge < -0.3 is 19.6 Å². The van der Waals surface area contributed by atoms with Crippen LogP contribution in [0.4, 0.5) is 0 Å². The molecule has 3 aromatic heterocycles. The van der Waals surface area contributed by atoms with E-state index in [1.54, 1.807) is 7.05 Å². The van der Waals surface area contributed by atoms with E-state index in [1.165, 1.54) is 5.56 Å². The summed E-state index contributed by atoms with van der Waals surface area (Å²) in [6.07, 6.45) is 7.07. The van der Waals surface area contributed by atoms with Gasteiger partial charge in [0.2, 0.25) is 0 Å². The van der Waals surface area contributed by atoms with Gasteiger partial charge in [-0.05, 0) is 31.4 Å². The average molecular weight is 383 g/mol. The molecule has 0 aliphatic heterocycles. The molecule has 7 heteroatoms. The number of hydrogen-bond donors (Lipinski definition) is 2. The summed E-state index contributed by atoms with van der Waals surface area (Å²) in [6, 6.07) is 6.15. The maximum Gasteiger partial charge on any atom is 0.191 e. The average Bonchev–Trinajstić information content (AvgIpc) is 3.33. The van der Waals surface area contributed by atoms with Crippen molar-refractivity contribution in [3.8, 4) is 0 Å². The quantitative estimate of drug-likeness (QED) is 0.461. The fourth-order valence-corrected chi connectivity index (χ4v) is 3.34. The Labute approximate surface area is 166 Å². The summed E-state index contributed by atoms with van der Waals surface area (Å²) < 4.78 is 7.52. The summed E-state index contributed by atoms with van der Waals surface area (Å²) in [5.41, 5.74) is 4.28. The third kappa shape index (κ3) is 4.71. The first-order chi connectivity index (χ1) is 13.6. The summed E-state index contributed by atoms with van der Waals surface area (Å²) in [5, 5.41) is 10.8. The van der Waals surface area contributed by atoms with Gasteiger partial charge in [0.15, 0.2) is 11.7 Å². The molecule has 0 amide bonds. The Hall–Kier alpha value is -2.83. The fraction of sp³-hybridized carbons (Fsp3) is 0.476. The van der Waals surface area contributed by atoms with Crippen LogP contribution in [0.2, 0.25) is 0 Å². The van der Waals surface area contributed by atoms with Gasteiger partial charge in [0.1, 0.15) is 5.65 Å². The van der Waals surface area contributed by atoms with Gasteiger partial charge in [0, 0.05) is 44.4 Å². The van der Waals surface area contributed by atoms with E-state index in [0.717, 1.165) is 54.6 Å². The molecule has 28 heavy (non-hydrogen) atoms. The Bertz CT molecular complexity index is 922. The minimum Gasteiger partial charge on any atom is -0.359 e. The number of imidazole rings is 1. The summed E-state index contributed by atoms with van der Waals surface area (Å²) >= 11 is 0. The first kappa shape index (κ1) is 19.9. The second-order valence-electron chi connectivity index (χ2n) is 6.99. The van der Waals surface area contributed by atoms with Crippen molar-refractivity contribution >= 4 is 11.6 Å². The molecule has 2 N–H and O–H groups in total. The molecule has 0 fully saturated rings. The molecule has 0 spiro atoms. The lowest BCUT2D eigenvalue weighted by molar-refractivity contribution is 0.368. The summed E-state index contributed by atoms with van der Waals surface area (Å²) in [6.45, 7) is 7.74. The Morgan fingerprint density at radius 2 is 2.11 bits per heavy atom. The Balaban J connectivity index is 1.49. The largest absolute Gasteiger partial charge is 0.359 e. The van der Waals surface area contributed by atoms with Gasteiger partial charge in [-0.25, -0.2) is 4.98 Å². The van der Waals surface area contributed by atoms with Crippen molar-refractivity contribution in [1.82, 2.24) is 25.2 Å². The van der Waals surface area contributed by atoms with Crippen LogP contribution >= 0.6 is 0 Å². The monoisotopic (exact) mass is 382 g/mol. The minimum absolute atomic E-state index is 0.462. The highest BCUT2D eigenvalue weighted by molar-refractivity contribution is 5.79. The second-order valence-corrected chi connectivity index (χ2v) is 6.99. The number of aliphatic imine (C=N–C) groups is 1. The molecule has 0 saturated carbocycles. The van der Waals surface area contributed by atoms with Crippen LogP contribution in [0.5, 0.6) is 0 Å². The van der Waals surface area contributed by atoms with Crippen molar-refractivity contribution in [2.75, 3.05) is 13.6 Å². The molecule has 3 rings (SSSR count). The van der Waals surface area contributed by atoms with E-state index in [2.05, 4.69) is 58.2 Å². The van der Waals surface area contributed by atoms with Crippen LogP contribution in [0.1, 0.15) is 55.3 Å². The lowest BCUT2D eigenvalue weighted by Crippen LogP contribution is -2.37. The molecular weight excluding hydrogens is 352 g/mol. The van der Waals surface area contributed by atoms with Crippen LogP contribution in [-0.2, 0) is 13.0 Å². The minimum atomic E-state index is 0.462. The van der Waals surface area contributed by atoms with Crippen LogP contribution in [0.3, 0.4) is 0 Å². The van der Waals surface area contributed by atoms with Gasteiger partial charge in [0.25, 0.3) is 0 Å². The van der Waals surface area contributed by atoms with E-state index in [1.807, 2.05) is 18.3 Å². The van der Waals surface area contributed by atoms with Crippen molar-refractivity contribution < 1.29 is 4.52 Å². The smallest absolute Gasteiger partial charge is 0.191 e. The molecular formula is C21H30N6O. The number of nitrogens with one attached hydrogen (secondary N) is 2. The van der Waals surface area contributed by atoms with Gasteiger partial charge in [-0.3, -0.25) is 4.99 Å². The maximum absolute atomic E-state index is 5.45. The van der Waals surface area contributed by atoms with E-state index in [0.29, 0.717) is 12.5 Å². The Kier molecular flexibility index (Phi) is 6.68. The van der Waals surface area contributed by atoms with Gasteiger partial charge in [0.05, 0.1) is 17.9 Å². The van der Waals surface area contributed by atoms with Crippen molar-refractivity contribution in [3.05, 3.63) is 53.3 Å². The van der Waals surface area contributed by atoms with Crippen LogP contribution in [-0.4, -0.2) is 34.1 Å². The standard InChI is InChI=1S/C21H30N6O/c1-5-16(6-2)19-12-18(28-26-19)13-24-21(22-4)23-10-9-17-14-27-11-7-8-15(3)20(27)25-17/h7-8,11-12,14,16H,5-6,9-10,13H2,1-4H3,(H2,22,23,24). The molecule has 0 radical (unpaired) electrons. The first-order valence-corrected chi connectivity index (χ1v) is 9.97. The summed E-state index contributed by atoms with van der Waals surface area (Å²) in [7, 11) is 1.76. The van der Waals surface area contributed by atoms with Crippen molar-refractivity contribution in [3.63, 3.8) is 0 Å². The molecule has 0 bridgehead atoms. The molecule has 0 aliphatic carbocycles. The Morgan fingerprint density at radius 1 is 1.29 bits per heavy atom. The molecule has 7 nitrogen and oxygen atoms in total. The van der Waals surface area contributed by atoms with Crippen LogP contribution in [0.15, 0.2) is 40.1 Å².